The summed E-state index contributed by atoms with van der Waals surface area (Å²) in [6.07, 6.45) is -0.727. The fourth-order valence-corrected chi connectivity index (χ4v) is 3.16. The number of aliphatic carboxylic acids is 1. The van der Waals surface area contributed by atoms with Crippen molar-refractivity contribution in [3.63, 3.8) is 0 Å². The van der Waals surface area contributed by atoms with Gasteiger partial charge in [-0.15, -0.1) is 0 Å². The van der Waals surface area contributed by atoms with Crippen LogP contribution < -0.4 is 10.6 Å². The van der Waals surface area contributed by atoms with Gasteiger partial charge in [0.1, 0.15) is 19.2 Å². The standard InChI is InChI=1S/C20H20N2O5/c1-12(19(24)25)22-18(23)10-21-20(26)27-11-17-15-8-4-2-6-13(15)14-7-3-5-9-16(14)17/h2-9,12,17H,10-11H2,1H3,(H,21,26)(H,22,23)(H,24,25)/t12-/m1/s1. The van der Waals surface area contributed by atoms with Crippen molar-refractivity contribution < 1.29 is 24.2 Å². The van der Waals surface area contributed by atoms with E-state index < -0.39 is 24.0 Å². The second kappa shape index (κ2) is 7.90. The van der Waals surface area contributed by atoms with Gasteiger partial charge in [-0.05, 0) is 29.2 Å². The molecule has 1 aliphatic carbocycles. The zero-order valence-electron chi connectivity index (χ0n) is 14.8. The number of carbonyl (C=O) groups excluding carboxylic acids is 2. The number of ether oxygens (including phenoxy) is 1. The minimum Gasteiger partial charge on any atom is -0.480 e. The van der Waals surface area contributed by atoms with E-state index >= 15 is 0 Å². The lowest BCUT2D eigenvalue weighted by molar-refractivity contribution is -0.141. The maximum absolute atomic E-state index is 11.9. The molecule has 3 rings (SSSR count). The molecule has 0 saturated heterocycles. The van der Waals surface area contributed by atoms with Gasteiger partial charge in [-0.3, -0.25) is 9.59 Å². The number of carbonyl (C=O) groups is 3. The van der Waals surface area contributed by atoms with Crippen molar-refractivity contribution in [2.45, 2.75) is 18.9 Å². The highest BCUT2D eigenvalue weighted by molar-refractivity contribution is 5.86. The van der Waals surface area contributed by atoms with E-state index in [1.807, 2.05) is 48.5 Å². The first-order chi connectivity index (χ1) is 13.0. The SMILES string of the molecule is C[C@@H](NC(=O)CNC(=O)OCC1c2ccccc2-c2ccccc21)C(=O)O. The molecule has 27 heavy (non-hydrogen) atoms. The van der Waals surface area contributed by atoms with Gasteiger partial charge in [0.15, 0.2) is 0 Å². The molecule has 3 N–H and O–H groups in total. The van der Waals surface area contributed by atoms with Crippen LogP contribution in [0.2, 0.25) is 0 Å². The van der Waals surface area contributed by atoms with E-state index in [0.29, 0.717) is 0 Å². The van der Waals surface area contributed by atoms with Crippen molar-refractivity contribution in [1.29, 1.82) is 0 Å². The molecule has 0 saturated carbocycles. The molecule has 0 radical (unpaired) electrons. The van der Waals surface area contributed by atoms with Crippen LogP contribution in [0.25, 0.3) is 11.1 Å². The van der Waals surface area contributed by atoms with E-state index in [-0.39, 0.29) is 19.1 Å². The zero-order valence-corrected chi connectivity index (χ0v) is 14.8. The summed E-state index contributed by atoms with van der Waals surface area (Å²) in [5.74, 6) is -1.81. The quantitative estimate of drug-likeness (QED) is 0.724. The molecule has 140 valence electrons. The third kappa shape index (κ3) is 4.08. The summed E-state index contributed by atoms with van der Waals surface area (Å²) < 4.78 is 5.30. The predicted molar refractivity (Wildman–Crippen MR) is 98.3 cm³/mol. The van der Waals surface area contributed by atoms with Crippen molar-refractivity contribution in [3.8, 4) is 11.1 Å². The first-order valence-corrected chi connectivity index (χ1v) is 8.58. The van der Waals surface area contributed by atoms with E-state index in [1.54, 1.807) is 0 Å². The average molecular weight is 368 g/mol. The molecule has 1 aliphatic rings. The van der Waals surface area contributed by atoms with Crippen LogP contribution in [0.5, 0.6) is 0 Å². The summed E-state index contributed by atoms with van der Waals surface area (Å²) in [4.78, 5) is 34.2. The first kappa shape index (κ1) is 18.4. The van der Waals surface area contributed by atoms with Crippen molar-refractivity contribution in [1.82, 2.24) is 10.6 Å². The molecule has 0 aromatic heterocycles. The van der Waals surface area contributed by atoms with Gasteiger partial charge in [0, 0.05) is 5.92 Å². The van der Waals surface area contributed by atoms with Gasteiger partial charge in [0.2, 0.25) is 5.91 Å². The van der Waals surface area contributed by atoms with Gasteiger partial charge in [0.05, 0.1) is 0 Å². The van der Waals surface area contributed by atoms with Gasteiger partial charge < -0.3 is 20.5 Å². The molecule has 0 fully saturated rings. The molecular weight excluding hydrogens is 348 g/mol. The number of hydrogen-bond acceptors (Lipinski definition) is 4. The number of carboxylic acid groups (broad SMARTS) is 1. The smallest absolute Gasteiger partial charge is 0.407 e. The van der Waals surface area contributed by atoms with E-state index in [2.05, 4.69) is 10.6 Å². The van der Waals surface area contributed by atoms with Crippen LogP contribution in [0, 0.1) is 0 Å². The fraction of sp³-hybridized carbons (Fsp3) is 0.250. The molecule has 1 atom stereocenters. The zero-order chi connectivity index (χ0) is 19.4. The van der Waals surface area contributed by atoms with Crippen molar-refractivity contribution in [2.24, 2.45) is 0 Å². The van der Waals surface area contributed by atoms with Gasteiger partial charge in [-0.25, -0.2) is 4.79 Å². The molecule has 0 aliphatic heterocycles. The second-order valence-electron chi connectivity index (χ2n) is 6.31. The maximum atomic E-state index is 11.9. The lowest BCUT2D eigenvalue weighted by atomic mass is 9.98. The van der Waals surface area contributed by atoms with Crippen molar-refractivity contribution >= 4 is 18.0 Å². The summed E-state index contributed by atoms with van der Waals surface area (Å²) in [6.45, 7) is 1.13. The summed E-state index contributed by atoms with van der Waals surface area (Å²) in [6, 6.07) is 14.9. The number of nitrogens with one attached hydrogen (secondary N) is 2. The Morgan fingerprint density at radius 2 is 1.59 bits per heavy atom. The number of hydrogen-bond donors (Lipinski definition) is 3. The maximum Gasteiger partial charge on any atom is 0.407 e. The third-order valence-electron chi connectivity index (χ3n) is 4.48. The van der Waals surface area contributed by atoms with Crippen LogP contribution in [-0.4, -0.2) is 42.3 Å². The molecule has 2 amide bonds. The number of alkyl carbamates (subject to hydrolysis) is 1. The van der Waals surface area contributed by atoms with E-state index in [1.165, 1.54) is 6.92 Å². The largest absolute Gasteiger partial charge is 0.480 e. The topological polar surface area (TPSA) is 105 Å². The lowest BCUT2D eigenvalue weighted by Gasteiger charge is -2.15. The minimum absolute atomic E-state index is 0.0657. The van der Waals surface area contributed by atoms with E-state index in [4.69, 9.17) is 9.84 Å². The number of rotatable bonds is 6. The van der Waals surface area contributed by atoms with Crippen molar-refractivity contribution in [3.05, 3.63) is 59.7 Å². The normalized spacial score (nSPS) is 13.2. The molecule has 0 unspecified atom stereocenters. The van der Waals surface area contributed by atoms with Crippen LogP contribution >= 0.6 is 0 Å². The van der Waals surface area contributed by atoms with Crippen LogP contribution in [0.15, 0.2) is 48.5 Å². The molecule has 7 nitrogen and oxygen atoms in total. The third-order valence-corrected chi connectivity index (χ3v) is 4.48. The Labute approximate surface area is 156 Å². The molecule has 2 aromatic rings. The fourth-order valence-electron chi connectivity index (χ4n) is 3.16. The molecular formula is C20H20N2O5. The first-order valence-electron chi connectivity index (χ1n) is 8.58. The Balaban J connectivity index is 1.57. The molecule has 7 heteroatoms. The molecule has 0 spiro atoms. The van der Waals surface area contributed by atoms with Gasteiger partial charge in [0.25, 0.3) is 0 Å². The van der Waals surface area contributed by atoms with Gasteiger partial charge in [-0.2, -0.15) is 0 Å². The highest BCUT2D eigenvalue weighted by Crippen LogP contribution is 2.44. The number of amides is 2. The van der Waals surface area contributed by atoms with Crippen LogP contribution in [0.4, 0.5) is 4.79 Å². The highest BCUT2D eigenvalue weighted by atomic mass is 16.5. The van der Waals surface area contributed by atoms with Gasteiger partial charge in [-0.1, -0.05) is 48.5 Å². The van der Waals surface area contributed by atoms with Crippen LogP contribution in [0.1, 0.15) is 24.0 Å². The Morgan fingerprint density at radius 1 is 1.04 bits per heavy atom. The average Bonchev–Trinajstić information content (AvgIpc) is 2.98. The number of carboxylic acids is 1. The minimum atomic E-state index is -1.15. The predicted octanol–water partition coefficient (Wildman–Crippen LogP) is 2.11. The summed E-state index contributed by atoms with van der Waals surface area (Å²) >= 11 is 0. The van der Waals surface area contributed by atoms with Crippen LogP contribution in [-0.2, 0) is 14.3 Å². The Morgan fingerprint density at radius 3 is 2.15 bits per heavy atom. The lowest BCUT2D eigenvalue weighted by Crippen LogP contribution is -2.44. The Hall–Kier alpha value is -3.35. The Kier molecular flexibility index (Phi) is 5.40. The van der Waals surface area contributed by atoms with E-state index in [0.717, 1.165) is 22.3 Å². The van der Waals surface area contributed by atoms with Crippen molar-refractivity contribution in [2.75, 3.05) is 13.2 Å². The second-order valence-corrected chi connectivity index (χ2v) is 6.31. The summed E-state index contributed by atoms with van der Waals surface area (Å²) in [5.41, 5.74) is 4.45. The molecule has 2 aromatic carbocycles. The number of fused-ring (bicyclic) bond motifs is 3. The molecule has 0 bridgehead atoms. The van der Waals surface area contributed by atoms with Crippen LogP contribution in [0.3, 0.4) is 0 Å². The Bertz CT molecular complexity index is 835. The summed E-state index contributed by atoms with van der Waals surface area (Å²) in [5, 5.41) is 13.3. The molecule has 0 heterocycles. The van der Waals surface area contributed by atoms with Gasteiger partial charge >= 0.3 is 12.1 Å². The monoisotopic (exact) mass is 368 g/mol. The number of benzene rings is 2. The van der Waals surface area contributed by atoms with E-state index in [9.17, 15) is 14.4 Å². The summed E-state index contributed by atoms with van der Waals surface area (Å²) in [7, 11) is 0. The highest BCUT2D eigenvalue weighted by Gasteiger charge is 2.29.